The third-order valence-electron chi connectivity index (χ3n) is 2.74. The van der Waals surface area contributed by atoms with E-state index in [9.17, 15) is 13.6 Å². The molecule has 3 nitrogen and oxygen atoms in total. The summed E-state index contributed by atoms with van der Waals surface area (Å²) in [5.74, 6) is -4.63. The summed E-state index contributed by atoms with van der Waals surface area (Å²) in [5, 5.41) is 17.8. The van der Waals surface area contributed by atoms with Gasteiger partial charge in [-0.15, -0.1) is 0 Å². The number of benzene rings is 1. The number of carboxylic acids is 1. The summed E-state index contributed by atoms with van der Waals surface area (Å²) in [6.45, 7) is 0. The van der Waals surface area contributed by atoms with Crippen molar-refractivity contribution >= 4 is 5.97 Å². The largest absolute Gasteiger partial charge is 0.505 e. The Balaban J connectivity index is 2.55. The van der Waals surface area contributed by atoms with Crippen molar-refractivity contribution in [2.45, 2.75) is 18.3 Å². The highest BCUT2D eigenvalue weighted by Crippen LogP contribution is 2.50. The molecule has 0 radical (unpaired) electrons. The van der Waals surface area contributed by atoms with Gasteiger partial charge in [0.25, 0.3) is 0 Å². The van der Waals surface area contributed by atoms with Crippen LogP contribution in [0.5, 0.6) is 5.75 Å². The summed E-state index contributed by atoms with van der Waals surface area (Å²) in [6.07, 6.45) is 0.590. The first-order chi connectivity index (χ1) is 6.99. The average Bonchev–Trinajstić information content (AvgIpc) is 2.95. The van der Waals surface area contributed by atoms with Gasteiger partial charge in [0.1, 0.15) is 0 Å². The minimum absolute atomic E-state index is 0.190. The van der Waals surface area contributed by atoms with Gasteiger partial charge in [-0.3, -0.25) is 4.79 Å². The van der Waals surface area contributed by atoms with Crippen LogP contribution in [-0.4, -0.2) is 16.2 Å². The monoisotopic (exact) mass is 214 g/mol. The van der Waals surface area contributed by atoms with Crippen LogP contribution in [0.2, 0.25) is 0 Å². The van der Waals surface area contributed by atoms with E-state index < -0.39 is 28.8 Å². The predicted molar refractivity (Wildman–Crippen MR) is 46.6 cm³/mol. The molecular weight excluding hydrogens is 206 g/mol. The minimum atomic E-state index is -1.39. The number of phenolic OH excluding ortho intramolecular Hbond substituents is 1. The quantitative estimate of drug-likeness (QED) is 0.789. The smallest absolute Gasteiger partial charge is 0.314 e. The van der Waals surface area contributed by atoms with Crippen LogP contribution in [-0.2, 0) is 10.2 Å². The van der Waals surface area contributed by atoms with Gasteiger partial charge in [-0.2, -0.15) is 4.39 Å². The molecule has 0 amide bonds. The minimum Gasteiger partial charge on any atom is -0.505 e. The summed E-state index contributed by atoms with van der Waals surface area (Å²) < 4.78 is 26.4. The van der Waals surface area contributed by atoms with E-state index in [1.54, 1.807) is 0 Å². The Labute approximate surface area is 84.0 Å². The molecule has 0 atom stereocenters. The molecule has 0 unspecified atom stereocenters. The SMILES string of the molecule is O=C(O)C1(c2ccc(O)c(F)c2F)CC1. The second-order valence-electron chi connectivity index (χ2n) is 3.65. The van der Waals surface area contributed by atoms with Gasteiger partial charge >= 0.3 is 5.97 Å². The standard InChI is InChI=1S/C10H8F2O3/c11-7-5(1-2-6(13)8(7)12)10(3-4-10)9(14)15/h1-2,13H,3-4H2,(H,14,15). The van der Waals surface area contributed by atoms with Gasteiger partial charge in [-0.05, 0) is 18.9 Å². The molecule has 0 heterocycles. The van der Waals surface area contributed by atoms with E-state index in [2.05, 4.69) is 0 Å². The van der Waals surface area contributed by atoms with Gasteiger partial charge in [0.05, 0.1) is 5.41 Å². The highest BCUT2D eigenvalue weighted by atomic mass is 19.2. The average molecular weight is 214 g/mol. The van der Waals surface area contributed by atoms with Crippen molar-refractivity contribution in [3.63, 3.8) is 0 Å². The maximum absolute atomic E-state index is 13.4. The summed E-state index contributed by atoms with van der Waals surface area (Å²) in [6, 6.07) is 2.09. The Hall–Kier alpha value is -1.65. The van der Waals surface area contributed by atoms with Crippen LogP contribution in [0.25, 0.3) is 0 Å². The zero-order valence-electron chi connectivity index (χ0n) is 7.63. The van der Waals surface area contributed by atoms with Crippen LogP contribution in [0.1, 0.15) is 18.4 Å². The van der Waals surface area contributed by atoms with Gasteiger partial charge in [-0.1, -0.05) is 6.07 Å². The fourth-order valence-electron chi connectivity index (χ4n) is 1.63. The maximum atomic E-state index is 13.4. The summed E-state index contributed by atoms with van der Waals surface area (Å²) in [4.78, 5) is 10.9. The molecule has 2 rings (SSSR count). The highest BCUT2D eigenvalue weighted by Gasteiger charge is 2.53. The molecule has 1 aromatic carbocycles. The van der Waals surface area contributed by atoms with Crippen molar-refractivity contribution in [3.8, 4) is 5.75 Å². The van der Waals surface area contributed by atoms with Crippen molar-refractivity contribution in [2.75, 3.05) is 0 Å². The van der Waals surface area contributed by atoms with E-state index in [1.165, 1.54) is 0 Å². The van der Waals surface area contributed by atoms with Crippen LogP contribution < -0.4 is 0 Å². The predicted octanol–water partition coefficient (Wildman–Crippen LogP) is 1.79. The van der Waals surface area contributed by atoms with E-state index in [4.69, 9.17) is 10.2 Å². The molecule has 1 aromatic rings. The lowest BCUT2D eigenvalue weighted by molar-refractivity contribution is -0.140. The molecule has 0 saturated heterocycles. The van der Waals surface area contributed by atoms with Crippen LogP contribution in [0.4, 0.5) is 8.78 Å². The molecule has 1 aliphatic rings. The molecule has 1 saturated carbocycles. The molecule has 1 fully saturated rings. The fraction of sp³-hybridized carbons (Fsp3) is 0.300. The summed E-state index contributed by atoms with van der Waals surface area (Å²) in [5.41, 5.74) is -1.48. The van der Waals surface area contributed by atoms with Crippen molar-refractivity contribution in [1.29, 1.82) is 0 Å². The Morgan fingerprint density at radius 1 is 1.27 bits per heavy atom. The lowest BCUT2D eigenvalue weighted by atomic mass is 9.95. The van der Waals surface area contributed by atoms with E-state index in [0.717, 1.165) is 12.1 Å². The number of aromatic hydroxyl groups is 1. The lowest BCUT2D eigenvalue weighted by Gasteiger charge is -2.11. The van der Waals surface area contributed by atoms with Gasteiger partial charge in [0.2, 0.25) is 5.82 Å². The van der Waals surface area contributed by atoms with E-state index in [0.29, 0.717) is 12.8 Å². The normalized spacial score (nSPS) is 17.5. The Kier molecular flexibility index (Phi) is 1.92. The third-order valence-corrected chi connectivity index (χ3v) is 2.74. The molecule has 2 N–H and O–H groups in total. The Bertz CT molecular complexity index is 439. The Morgan fingerprint density at radius 2 is 1.87 bits per heavy atom. The van der Waals surface area contributed by atoms with Gasteiger partial charge in [0, 0.05) is 5.56 Å². The van der Waals surface area contributed by atoms with E-state index in [-0.39, 0.29) is 5.56 Å². The van der Waals surface area contributed by atoms with Crippen LogP contribution >= 0.6 is 0 Å². The zero-order chi connectivity index (χ0) is 11.2. The van der Waals surface area contributed by atoms with Crippen LogP contribution in [0.15, 0.2) is 12.1 Å². The molecule has 0 aliphatic heterocycles. The summed E-state index contributed by atoms with van der Waals surface area (Å²) >= 11 is 0. The number of hydrogen-bond acceptors (Lipinski definition) is 2. The first-order valence-corrected chi connectivity index (χ1v) is 4.40. The maximum Gasteiger partial charge on any atom is 0.314 e. The van der Waals surface area contributed by atoms with E-state index in [1.807, 2.05) is 0 Å². The van der Waals surface area contributed by atoms with Gasteiger partial charge in [-0.25, -0.2) is 4.39 Å². The second kappa shape index (κ2) is 2.92. The van der Waals surface area contributed by atoms with Crippen LogP contribution in [0.3, 0.4) is 0 Å². The first kappa shape index (κ1) is 9.89. The molecule has 5 heteroatoms. The molecule has 0 aromatic heterocycles. The molecule has 15 heavy (non-hydrogen) atoms. The number of carboxylic acid groups (broad SMARTS) is 1. The topological polar surface area (TPSA) is 57.5 Å². The summed E-state index contributed by atoms with van der Waals surface area (Å²) in [7, 11) is 0. The van der Waals surface area contributed by atoms with Crippen molar-refractivity contribution in [1.82, 2.24) is 0 Å². The first-order valence-electron chi connectivity index (χ1n) is 4.40. The van der Waals surface area contributed by atoms with Crippen molar-refractivity contribution in [3.05, 3.63) is 29.3 Å². The molecule has 1 aliphatic carbocycles. The number of rotatable bonds is 2. The van der Waals surface area contributed by atoms with Gasteiger partial charge in [0.15, 0.2) is 11.6 Å². The third kappa shape index (κ3) is 1.26. The van der Waals surface area contributed by atoms with Crippen molar-refractivity contribution in [2.24, 2.45) is 0 Å². The molecular formula is C10H8F2O3. The number of aliphatic carboxylic acids is 1. The number of phenols is 1. The Morgan fingerprint density at radius 3 is 2.33 bits per heavy atom. The molecule has 80 valence electrons. The number of carbonyl (C=O) groups is 1. The molecule has 0 spiro atoms. The fourth-order valence-corrected chi connectivity index (χ4v) is 1.63. The number of halogens is 2. The highest BCUT2D eigenvalue weighted by molar-refractivity contribution is 5.85. The lowest BCUT2D eigenvalue weighted by Crippen LogP contribution is -2.21. The molecule has 0 bridgehead atoms. The number of hydrogen-bond donors (Lipinski definition) is 2. The van der Waals surface area contributed by atoms with Gasteiger partial charge < -0.3 is 10.2 Å². The van der Waals surface area contributed by atoms with Crippen molar-refractivity contribution < 1.29 is 23.8 Å². The zero-order valence-corrected chi connectivity index (χ0v) is 7.63. The van der Waals surface area contributed by atoms with Crippen LogP contribution in [0, 0.1) is 11.6 Å². The van der Waals surface area contributed by atoms with E-state index >= 15 is 0 Å². The second-order valence-corrected chi connectivity index (χ2v) is 3.65.